The average Bonchev–Trinajstić information content (AvgIpc) is 3.16. The van der Waals surface area contributed by atoms with E-state index >= 15 is 0 Å². The van der Waals surface area contributed by atoms with Crippen molar-refractivity contribution in [2.24, 2.45) is 0 Å². The normalized spacial score (nSPS) is 12.7. The second-order valence-corrected chi connectivity index (χ2v) is 18.4. The van der Waals surface area contributed by atoms with Crippen LogP contribution in [0.25, 0.3) is 77.0 Å². The number of rotatable bonds is 0. The van der Waals surface area contributed by atoms with Gasteiger partial charge in [0, 0.05) is 52.6 Å². The van der Waals surface area contributed by atoms with Crippen molar-refractivity contribution in [3.63, 3.8) is 0 Å². The Hall–Kier alpha value is -5.68. The summed E-state index contributed by atoms with van der Waals surface area (Å²) in [6, 6.07) is 30.3. The van der Waals surface area contributed by atoms with Gasteiger partial charge in [0.05, 0.1) is 5.56 Å². The monoisotopic (exact) mass is 812 g/mol. The molecule has 6 aromatic carbocycles. The van der Waals surface area contributed by atoms with E-state index in [1.165, 1.54) is 0 Å². The molecule has 0 aliphatic carbocycles. The largest absolute Gasteiger partial charge is 0.805 e. The van der Waals surface area contributed by atoms with Crippen molar-refractivity contribution in [3.05, 3.63) is 130 Å². The van der Waals surface area contributed by atoms with Crippen LogP contribution in [0.3, 0.4) is 0 Å². The highest BCUT2D eigenvalue weighted by Crippen LogP contribution is 2.46. The zero-order valence-electron chi connectivity index (χ0n) is 34.4. The minimum atomic E-state index is -2.85. The molecule has 0 saturated heterocycles. The molecule has 0 fully saturated rings. The third kappa shape index (κ3) is 6.78. The molecule has 294 valence electrons. The molecule has 0 N–H and O–H groups in total. The van der Waals surface area contributed by atoms with E-state index in [1.54, 1.807) is 12.1 Å². The molecule has 11 rings (SSSR count). The second-order valence-electron chi connectivity index (χ2n) is 16.8. The third-order valence-electron chi connectivity index (χ3n) is 10.9. The fourth-order valence-corrected chi connectivity index (χ4v) is 9.37. The lowest BCUT2D eigenvalue weighted by Gasteiger charge is -2.24. The van der Waals surface area contributed by atoms with Crippen LogP contribution < -0.4 is 0 Å². The number of aryl methyl sites for hydroxylation is 4. The molecule has 6 bridgehead atoms. The molecule has 2 atom stereocenters. The van der Waals surface area contributed by atoms with Crippen LogP contribution in [0, 0.1) is 27.7 Å². The van der Waals surface area contributed by atoms with Gasteiger partial charge in [-0.3, -0.25) is 0 Å². The van der Waals surface area contributed by atoms with E-state index < -0.39 is 26.6 Å². The predicted octanol–water partition coefficient (Wildman–Crippen LogP) is 16.6. The molecular weight excluding hydrogens is 766 g/mol. The standard InChI is InChI=1S/C48H46O8P2/c1-27-29(3)43-41(47(5,6)7)45-39(27)40-28(2)30(4)44(55-57(49)53-37-25-17-13-21-33(37)31-19-11-15-23-35(31)51-43)42(48(8,9)10)46(40)56-58(50)54-38-26-18-14-22-34(38)32-20-12-16-24-36(32)52-45/h11-26H,1-10H3/q+2. The maximum Gasteiger partial charge on any atom is 0.805 e. The first kappa shape index (κ1) is 39.2. The Kier molecular flexibility index (Phi) is 9.86. The van der Waals surface area contributed by atoms with Crippen LogP contribution in [-0.4, -0.2) is 0 Å². The lowest BCUT2D eigenvalue weighted by Crippen LogP contribution is -2.15. The van der Waals surface area contributed by atoms with Gasteiger partial charge in [-0.05, 0) is 79.5 Å². The first-order valence-electron chi connectivity index (χ1n) is 19.3. The number of para-hydroxylation sites is 4. The molecule has 0 amide bonds. The van der Waals surface area contributed by atoms with E-state index in [-0.39, 0.29) is 5.58 Å². The van der Waals surface area contributed by atoms with Gasteiger partial charge in [-0.1, -0.05) is 114 Å². The molecule has 2 unspecified atom stereocenters. The summed E-state index contributed by atoms with van der Waals surface area (Å²) >= 11 is 0. The predicted molar refractivity (Wildman–Crippen MR) is 236 cm³/mol. The molecule has 0 saturated carbocycles. The lowest BCUT2D eigenvalue weighted by molar-refractivity contribution is 0.500. The Balaban J connectivity index is 1.93. The highest BCUT2D eigenvalue weighted by molar-refractivity contribution is 7.23. The van der Waals surface area contributed by atoms with E-state index in [4.69, 9.17) is 25.6 Å². The minimum absolute atomic E-state index is 0.264. The number of hydrogen-bond acceptors (Lipinski definition) is 8. The van der Waals surface area contributed by atoms with Gasteiger partial charge in [-0.2, -0.15) is 0 Å². The summed E-state index contributed by atoms with van der Waals surface area (Å²) in [5, 5.41) is 4.22. The third-order valence-corrected chi connectivity index (χ3v) is 12.3. The average molecular weight is 813 g/mol. The molecule has 10 heteroatoms. The second kappa shape index (κ2) is 14.6. The summed E-state index contributed by atoms with van der Waals surface area (Å²) in [5.41, 5.74) is 6.91. The molecule has 5 aromatic heterocycles. The molecule has 8 nitrogen and oxygen atoms in total. The first-order valence-corrected chi connectivity index (χ1v) is 21.5. The van der Waals surface area contributed by atoms with Crippen LogP contribution in [-0.2, 0) is 20.0 Å². The molecule has 0 aliphatic heterocycles. The smallest absolute Gasteiger partial charge is 0.456 e. The highest BCUT2D eigenvalue weighted by atomic mass is 31.1. The summed E-state index contributed by atoms with van der Waals surface area (Å²) in [6.45, 7) is 20.5. The van der Waals surface area contributed by atoms with Gasteiger partial charge in [0.2, 0.25) is 11.2 Å². The minimum Gasteiger partial charge on any atom is -0.456 e. The Bertz CT molecular complexity index is 3350. The number of hydrogen-bond donors (Lipinski definition) is 0. The van der Waals surface area contributed by atoms with E-state index in [0.717, 1.165) is 38.4 Å². The van der Waals surface area contributed by atoms with Crippen molar-refractivity contribution in [3.8, 4) is 0 Å². The molecule has 0 aliphatic rings. The van der Waals surface area contributed by atoms with Crippen molar-refractivity contribution in [2.45, 2.75) is 80.1 Å². The van der Waals surface area contributed by atoms with Gasteiger partial charge in [-0.25, -0.2) is 16.8 Å². The summed E-state index contributed by atoms with van der Waals surface area (Å²) in [5.74, 6) is 0. The molecule has 0 spiro atoms. The summed E-state index contributed by atoms with van der Waals surface area (Å²) < 4.78 is 68.7. The van der Waals surface area contributed by atoms with Crippen molar-refractivity contribution in [2.75, 3.05) is 0 Å². The molecule has 5 heterocycles. The van der Waals surface area contributed by atoms with E-state index in [9.17, 15) is 9.13 Å². The summed E-state index contributed by atoms with van der Waals surface area (Å²) in [4.78, 5) is 0. The molecule has 11 aromatic rings. The first-order chi connectivity index (χ1) is 27.5. The maximum atomic E-state index is 14.5. The maximum absolute atomic E-state index is 14.5. The van der Waals surface area contributed by atoms with E-state index in [0.29, 0.717) is 66.4 Å². The Morgan fingerprint density at radius 2 is 0.707 bits per heavy atom. The van der Waals surface area contributed by atoms with Gasteiger partial charge in [0.25, 0.3) is 0 Å². The fraction of sp³-hybridized carbons (Fsp3) is 0.250. The Labute approximate surface area is 336 Å². The highest BCUT2D eigenvalue weighted by Gasteiger charge is 2.33. The zero-order valence-corrected chi connectivity index (χ0v) is 36.2. The van der Waals surface area contributed by atoms with Crippen molar-refractivity contribution < 1.29 is 34.8 Å². The van der Waals surface area contributed by atoms with Crippen LogP contribution in [0.1, 0.15) is 74.9 Å². The number of fused-ring (bicyclic) bond motifs is 3. The van der Waals surface area contributed by atoms with Gasteiger partial charge in [-0.15, -0.1) is 0 Å². The lowest BCUT2D eigenvalue weighted by atomic mass is 9.80. The van der Waals surface area contributed by atoms with Crippen LogP contribution in [0.2, 0.25) is 0 Å². The van der Waals surface area contributed by atoms with Crippen LogP contribution in [0.5, 0.6) is 0 Å². The van der Waals surface area contributed by atoms with E-state index in [2.05, 4.69) is 34.6 Å². The van der Waals surface area contributed by atoms with Gasteiger partial charge < -0.3 is 8.83 Å². The van der Waals surface area contributed by atoms with Crippen molar-refractivity contribution in [1.29, 1.82) is 0 Å². The summed E-state index contributed by atoms with van der Waals surface area (Å²) in [6.07, 6.45) is 0. The van der Waals surface area contributed by atoms with Crippen LogP contribution >= 0.6 is 15.8 Å². The topological polar surface area (TPSA) is 113 Å². The van der Waals surface area contributed by atoms with E-state index in [1.807, 2.05) is 120 Å². The SMILES string of the molecule is Cc1c(C)c2c3oc4ccccc4c4ccccc4o[p+](=O)oc4c(C(C)(C)C)c(o[p+](=O)oc5ccccc5c5ccccc5oc1c3C(C)(C)C)c(C)c(C)c42. The summed E-state index contributed by atoms with van der Waals surface area (Å²) in [7, 11) is -5.66. The zero-order chi connectivity index (χ0) is 41.3. The van der Waals surface area contributed by atoms with Gasteiger partial charge in [0.1, 0.15) is 22.3 Å². The molecule has 0 radical (unpaired) electrons. The van der Waals surface area contributed by atoms with Crippen molar-refractivity contribution >= 4 is 92.8 Å². The number of benzene rings is 6. The molecule has 58 heavy (non-hydrogen) atoms. The fourth-order valence-electron chi connectivity index (χ4n) is 7.95. The Morgan fingerprint density at radius 1 is 0.379 bits per heavy atom. The molecular formula is C48H46O8P2+2. The van der Waals surface area contributed by atoms with Crippen LogP contribution in [0.15, 0.2) is 123 Å². The van der Waals surface area contributed by atoms with Gasteiger partial charge >= 0.3 is 15.8 Å². The quantitative estimate of drug-likeness (QED) is 0.149. The van der Waals surface area contributed by atoms with Crippen LogP contribution in [0.4, 0.5) is 0 Å². The van der Waals surface area contributed by atoms with Gasteiger partial charge in [0.15, 0.2) is 11.2 Å². The Morgan fingerprint density at radius 3 is 1.16 bits per heavy atom. The van der Waals surface area contributed by atoms with Crippen molar-refractivity contribution in [1.82, 2.24) is 0 Å².